The van der Waals surface area contributed by atoms with Gasteiger partial charge in [0.05, 0.1) is 11.0 Å². The number of nitro groups is 1. The molecule has 0 fully saturated rings. The van der Waals surface area contributed by atoms with E-state index in [9.17, 15) is 14.9 Å². The predicted molar refractivity (Wildman–Crippen MR) is 61.2 cm³/mol. The zero-order valence-corrected chi connectivity index (χ0v) is 9.64. The van der Waals surface area contributed by atoms with Crippen molar-refractivity contribution in [2.24, 2.45) is 5.41 Å². The summed E-state index contributed by atoms with van der Waals surface area (Å²) in [4.78, 5) is 21.5. The summed E-state index contributed by atoms with van der Waals surface area (Å²) in [5.74, 6) is -0.244. The summed E-state index contributed by atoms with van der Waals surface area (Å²) >= 11 is 0. The molecule has 0 spiro atoms. The lowest BCUT2D eigenvalue weighted by atomic mass is 9.82. The zero-order chi connectivity index (χ0) is 13.1. The largest absolute Gasteiger partial charge is 0.298 e. The first kappa shape index (κ1) is 12.8. The van der Waals surface area contributed by atoms with Crippen LogP contribution in [0.1, 0.15) is 19.4 Å². The summed E-state index contributed by atoms with van der Waals surface area (Å²) in [6.45, 7) is 2.88. The van der Waals surface area contributed by atoms with Crippen molar-refractivity contribution >= 4 is 11.5 Å². The fraction of sp³-hybridized carbons (Fsp3) is 0.333. The first-order valence-corrected chi connectivity index (χ1v) is 5.04. The molecular formula is C12H12N2O3. The van der Waals surface area contributed by atoms with E-state index in [-0.39, 0.29) is 17.9 Å². The second kappa shape index (κ2) is 4.74. The van der Waals surface area contributed by atoms with Gasteiger partial charge in [0.25, 0.3) is 5.69 Å². The van der Waals surface area contributed by atoms with E-state index in [2.05, 4.69) is 0 Å². The summed E-state index contributed by atoms with van der Waals surface area (Å²) < 4.78 is 0. The fourth-order valence-electron chi connectivity index (χ4n) is 1.43. The molecule has 0 heterocycles. The van der Waals surface area contributed by atoms with E-state index in [0.29, 0.717) is 5.56 Å². The van der Waals surface area contributed by atoms with Gasteiger partial charge in [-0.05, 0) is 25.8 Å². The van der Waals surface area contributed by atoms with Crippen molar-refractivity contribution in [3.8, 4) is 6.07 Å². The minimum Gasteiger partial charge on any atom is -0.298 e. The lowest BCUT2D eigenvalue weighted by Gasteiger charge is -2.17. The minimum atomic E-state index is -1.13. The van der Waals surface area contributed by atoms with Crippen LogP contribution in [-0.4, -0.2) is 10.7 Å². The number of hydrogen-bond donors (Lipinski definition) is 0. The molecule has 0 bridgehead atoms. The molecule has 0 aliphatic rings. The van der Waals surface area contributed by atoms with E-state index < -0.39 is 10.3 Å². The summed E-state index contributed by atoms with van der Waals surface area (Å²) in [6, 6.07) is 7.94. The monoisotopic (exact) mass is 232 g/mol. The van der Waals surface area contributed by atoms with Crippen molar-refractivity contribution in [1.82, 2.24) is 0 Å². The Kier molecular flexibility index (Phi) is 3.59. The van der Waals surface area contributed by atoms with Crippen LogP contribution in [-0.2, 0) is 11.2 Å². The highest BCUT2D eigenvalue weighted by molar-refractivity contribution is 5.85. The normalized spacial score (nSPS) is 13.5. The Hall–Kier alpha value is -2.22. The maximum absolute atomic E-state index is 11.4. The molecule has 0 saturated heterocycles. The molecule has 1 aromatic carbocycles. The number of rotatable bonds is 4. The van der Waals surface area contributed by atoms with Crippen molar-refractivity contribution in [3.05, 3.63) is 39.9 Å². The number of nitriles is 1. The standard InChI is InChI=1S/C12H12N2O3/c1-9(15)12(2,8-13)7-10-4-3-5-11(6-10)14(16)17/h3-6H,7H2,1-2H3. The van der Waals surface area contributed by atoms with Gasteiger partial charge >= 0.3 is 0 Å². The third kappa shape index (κ3) is 2.88. The highest BCUT2D eigenvalue weighted by atomic mass is 16.6. The van der Waals surface area contributed by atoms with Crippen LogP contribution in [0.2, 0.25) is 0 Å². The number of carbonyl (C=O) groups excluding carboxylic acids is 1. The number of non-ortho nitro benzene ring substituents is 1. The fourth-order valence-corrected chi connectivity index (χ4v) is 1.43. The van der Waals surface area contributed by atoms with Gasteiger partial charge in [0.1, 0.15) is 11.2 Å². The van der Waals surface area contributed by atoms with Crippen molar-refractivity contribution in [2.75, 3.05) is 0 Å². The maximum Gasteiger partial charge on any atom is 0.269 e. The van der Waals surface area contributed by atoms with Gasteiger partial charge in [0.2, 0.25) is 0 Å². The molecule has 0 amide bonds. The number of nitrogens with zero attached hydrogens (tertiary/aromatic N) is 2. The smallest absolute Gasteiger partial charge is 0.269 e. The molecule has 1 atom stereocenters. The molecule has 17 heavy (non-hydrogen) atoms. The highest BCUT2D eigenvalue weighted by Crippen LogP contribution is 2.24. The Morgan fingerprint density at radius 2 is 2.24 bits per heavy atom. The average Bonchev–Trinajstić information content (AvgIpc) is 2.29. The summed E-state index contributed by atoms with van der Waals surface area (Å²) in [7, 11) is 0. The van der Waals surface area contributed by atoms with Gasteiger partial charge < -0.3 is 0 Å². The van der Waals surface area contributed by atoms with Gasteiger partial charge in [-0.3, -0.25) is 14.9 Å². The molecule has 0 radical (unpaired) electrons. The molecule has 0 aromatic heterocycles. The van der Waals surface area contributed by atoms with Crippen LogP contribution in [0.3, 0.4) is 0 Å². The molecule has 5 nitrogen and oxygen atoms in total. The Labute approximate surface area is 98.8 Å². The van der Waals surface area contributed by atoms with Crippen molar-refractivity contribution in [2.45, 2.75) is 20.3 Å². The Morgan fingerprint density at radius 1 is 1.59 bits per heavy atom. The molecule has 1 aromatic rings. The molecule has 0 aliphatic heterocycles. The first-order valence-electron chi connectivity index (χ1n) is 5.04. The molecule has 1 unspecified atom stereocenters. The lowest BCUT2D eigenvalue weighted by Crippen LogP contribution is -2.26. The quantitative estimate of drug-likeness (QED) is 0.588. The molecule has 5 heteroatoms. The molecule has 0 aliphatic carbocycles. The maximum atomic E-state index is 11.4. The first-order chi connectivity index (χ1) is 7.89. The van der Waals surface area contributed by atoms with Crippen molar-refractivity contribution in [1.29, 1.82) is 5.26 Å². The van der Waals surface area contributed by atoms with Crippen LogP contribution >= 0.6 is 0 Å². The highest BCUT2D eigenvalue weighted by Gasteiger charge is 2.30. The number of Topliss-reactive ketones (excluding diaryl/α,β-unsaturated/α-hetero) is 1. The number of benzene rings is 1. The summed E-state index contributed by atoms with van der Waals surface area (Å²) in [5.41, 5.74) is -0.556. The zero-order valence-electron chi connectivity index (χ0n) is 9.64. The third-order valence-corrected chi connectivity index (χ3v) is 2.70. The van der Waals surface area contributed by atoms with Crippen LogP contribution in [0.15, 0.2) is 24.3 Å². The van der Waals surface area contributed by atoms with Crippen LogP contribution < -0.4 is 0 Å². The van der Waals surface area contributed by atoms with Crippen LogP contribution in [0.5, 0.6) is 0 Å². The van der Waals surface area contributed by atoms with Crippen molar-refractivity contribution in [3.63, 3.8) is 0 Å². The van der Waals surface area contributed by atoms with Crippen LogP contribution in [0.4, 0.5) is 5.69 Å². The lowest BCUT2D eigenvalue weighted by molar-refractivity contribution is -0.384. The SMILES string of the molecule is CC(=O)C(C)(C#N)Cc1cccc([N+](=O)[O-])c1. The number of ketones is 1. The van der Waals surface area contributed by atoms with Crippen molar-refractivity contribution < 1.29 is 9.72 Å². The Morgan fingerprint density at radius 3 is 2.71 bits per heavy atom. The minimum absolute atomic E-state index is 0.0358. The summed E-state index contributed by atoms with van der Waals surface area (Å²) in [5, 5.41) is 19.6. The number of carbonyl (C=O) groups is 1. The van der Waals surface area contributed by atoms with Crippen LogP contribution in [0, 0.1) is 26.9 Å². The van der Waals surface area contributed by atoms with Gasteiger partial charge in [0, 0.05) is 12.1 Å². The van der Waals surface area contributed by atoms with E-state index in [0.717, 1.165) is 0 Å². The molecule has 1 rings (SSSR count). The van der Waals surface area contributed by atoms with E-state index in [1.54, 1.807) is 12.1 Å². The van der Waals surface area contributed by atoms with Gasteiger partial charge in [0.15, 0.2) is 0 Å². The van der Waals surface area contributed by atoms with E-state index >= 15 is 0 Å². The molecular weight excluding hydrogens is 220 g/mol. The molecule has 88 valence electrons. The topological polar surface area (TPSA) is 84.0 Å². The van der Waals surface area contributed by atoms with Gasteiger partial charge in [-0.2, -0.15) is 5.26 Å². The average molecular weight is 232 g/mol. The second-order valence-electron chi connectivity index (χ2n) is 4.10. The van der Waals surface area contributed by atoms with E-state index in [4.69, 9.17) is 5.26 Å². The third-order valence-electron chi connectivity index (χ3n) is 2.70. The summed E-state index contributed by atoms with van der Waals surface area (Å²) in [6.07, 6.45) is 0.181. The number of hydrogen-bond acceptors (Lipinski definition) is 4. The number of nitro benzene ring substituents is 1. The van der Waals surface area contributed by atoms with E-state index in [1.165, 1.54) is 26.0 Å². The predicted octanol–water partition coefficient (Wildman–Crippen LogP) is 2.26. The Balaban J connectivity index is 3.04. The van der Waals surface area contributed by atoms with Gasteiger partial charge in [-0.15, -0.1) is 0 Å². The van der Waals surface area contributed by atoms with E-state index in [1.807, 2.05) is 6.07 Å². The Bertz CT molecular complexity index is 505. The second-order valence-corrected chi connectivity index (χ2v) is 4.10. The van der Waals surface area contributed by atoms with Gasteiger partial charge in [-0.1, -0.05) is 12.1 Å². The molecule has 0 N–H and O–H groups in total. The molecule has 0 saturated carbocycles. The van der Waals surface area contributed by atoms with Crippen LogP contribution in [0.25, 0.3) is 0 Å². The van der Waals surface area contributed by atoms with Gasteiger partial charge in [-0.25, -0.2) is 0 Å².